The summed E-state index contributed by atoms with van der Waals surface area (Å²) in [6, 6.07) is 0. The molecule has 0 N–H and O–H groups in total. The van der Waals surface area contributed by atoms with Crippen molar-refractivity contribution in [2.24, 2.45) is 17.8 Å². The van der Waals surface area contributed by atoms with Crippen LogP contribution in [0.5, 0.6) is 0 Å². The standard InChI is InChI=1S/C10H19F/c1-3-4-5-6-9-8(2)10(9)7-11/h8-10H,3-7H2,1-2H3. The molecule has 0 saturated heterocycles. The van der Waals surface area contributed by atoms with Gasteiger partial charge in [0.05, 0.1) is 6.67 Å². The predicted molar refractivity (Wildman–Crippen MR) is 46.3 cm³/mol. The monoisotopic (exact) mass is 158 g/mol. The van der Waals surface area contributed by atoms with Gasteiger partial charge in [0.2, 0.25) is 0 Å². The highest BCUT2D eigenvalue weighted by molar-refractivity contribution is 4.93. The van der Waals surface area contributed by atoms with E-state index in [1.54, 1.807) is 0 Å². The van der Waals surface area contributed by atoms with Gasteiger partial charge in [-0.2, -0.15) is 0 Å². The van der Waals surface area contributed by atoms with E-state index in [1.165, 1.54) is 25.7 Å². The average Bonchev–Trinajstić information content (AvgIpc) is 2.62. The van der Waals surface area contributed by atoms with Crippen LogP contribution < -0.4 is 0 Å². The summed E-state index contributed by atoms with van der Waals surface area (Å²) >= 11 is 0. The first-order valence-corrected chi connectivity index (χ1v) is 4.87. The van der Waals surface area contributed by atoms with E-state index in [0.29, 0.717) is 11.8 Å². The first-order valence-electron chi connectivity index (χ1n) is 4.87. The van der Waals surface area contributed by atoms with Gasteiger partial charge in [0.15, 0.2) is 0 Å². The fraction of sp³-hybridized carbons (Fsp3) is 1.00. The van der Waals surface area contributed by atoms with Gasteiger partial charge >= 0.3 is 0 Å². The van der Waals surface area contributed by atoms with E-state index in [2.05, 4.69) is 13.8 Å². The Bertz CT molecular complexity index is 111. The molecule has 1 rings (SSSR count). The fourth-order valence-electron chi connectivity index (χ4n) is 2.00. The maximum absolute atomic E-state index is 12.2. The Kier molecular flexibility index (Phi) is 3.35. The molecule has 0 nitrogen and oxygen atoms in total. The first kappa shape index (κ1) is 9.02. The minimum Gasteiger partial charge on any atom is -0.251 e. The molecule has 0 radical (unpaired) electrons. The molecule has 1 aliphatic rings. The Morgan fingerprint density at radius 1 is 1.18 bits per heavy atom. The normalized spacial score (nSPS) is 35.7. The SMILES string of the molecule is CCCCCC1C(C)C1CF. The number of hydrogen-bond acceptors (Lipinski definition) is 0. The highest BCUT2D eigenvalue weighted by atomic mass is 19.1. The minimum atomic E-state index is -0.0854. The number of rotatable bonds is 5. The van der Waals surface area contributed by atoms with Gasteiger partial charge in [-0.25, -0.2) is 0 Å². The van der Waals surface area contributed by atoms with Crippen molar-refractivity contribution in [2.75, 3.05) is 6.67 Å². The van der Waals surface area contributed by atoms with Crippen LogP contribution in [-0.4, -0.2) is 6.67 Å². The summed E-state index contributed by atoms with van der Waals surface area (Å²) in [5.74, 6) is 1.83. The lowest BCUT2D eigenvalue weighted by Crippen LogP contribution is -1.84. The van der Waals surface area contributed by atoms with Gasteiger partial charge < -0.3 is 0 Å². The summed E-state index contributed by atoms with van der Waals surface area (Å²) in [7, 11) is 0. The lowest BCUT2D eigenvalue weighted by molar-refractivity contribution is 0.426. The molecule has 0 aliphatic heterocycles. The quantitative estimate of drug-likeness (QED) is 0.538. The maximum atomic E-state index is 12.2. The van der Waals surface area contributed by atoms with Gasteiger partial charge in [0, 0.05) is 0 Å². The highest BCUT2D eigenvalue weighted by Crippen LogP contribution is 2.49. The smallest absolute Gasteiger partial charge is 0.0928 e. The molecule has 0 bridgehead atoms. The van der Waals surface area contributed by atoms with Crippen LogP contribution in [0.15, 0.2) is 0 Å². The van der Waals surface area contributed by atoms with Crippen molar-refractivity contribution in [3.05, 3.63) is 0 Å². The molecule has 1 saturated carbocycles. The molecule has 11 heavy (non-hydrogen) atoms. The van der Waals surface area contributed by atoms with Crippen LogP contribution in [0.25, 0.3) is 0 Å². The molecule has 0 heterocycles. The highest BCUT2D eigenvalue weighted by Gasteiger charge is 2.45. The van der Waals surface area contributed by atoms with Crippen molar-refractivity contribution in [3.63, 3.8) is 0 Å². The third-order valence-electron chi connectivity index (χ3n) is 3.08. The van der Waals surface area contributed by atoms with Gasteiger partial charge in [-0.1, -0.05) is 33.1 Å². The summed E-state index contributed by atoms with van der Waals surface area (Å²) in [4.78, 5) is 0. The number of halogens is 1. The van der Waals surface area contributed by atoms with E-state index in [9.17, 15) is 4.39 Å². The zero-order chi connectivity index (χ0) is 8.27. The topological polar surface area (TPSA) is 0 Å². The van der Waals surface area contributed by atoms with Crippen LogP contribution in [0.4, 0.5) is 4.39 Å². The molecule has 0 amide bonds. The lowest BCUT2D eigenvalue weighted by atomic mass is 10.1. The zero-order valence-corrected chi connectivity index (χ0v) is 7.65. The van der Waals surface area contributed by atoms with Crippen LogP contribution in [0.2, 0.25) is 0 Å². The van der Waals surface area contributed by atoms with Crippen molar-refractivity contribution in [1.29, 1.82) is 0 Å². The molecule has 1 heteroatoms. The molecule has 0 aromatic carbocycles. The van der Waals surface area contributed by atoms with Crippen LogP contribution in [0.3, 0.4) is 0 Å². The van der Waals surface area contributed by atoms with Gasteiger partial charge in [0.25, 0.3) is 0 Å². The molecular formula is C10H19F. The zero-order valence-electron chi connectivity index (χ0n) is 7.65. The van der Waals surface area contributed by atoms with Crippen LogP contribution in [0.1, 0.15) is 39.5 Å². The summed E-state index contributed by atoms with van der Waals surface area (Å²) in [5, 5.41) is 0. The molecule has 3 unspecified atom stereocenters. The molecule has 1 aliphatic carbocycles. The largest absolute Gasteiger partial charge is 0.251 e. The van der Waals surface area contributed by atoms with E-state index in [1.807, 2.05) is 0 Å². The van der Waals surface area contributed by atoms with E-state index in [0.717, 1.165) is 5.92 Å². The lowest BCUT2D eigenvalue weighted by Gasteiger charge is -1.95. The number of unbranched alkanes of at least 4 members (excludes halogenated alkanes) is 2. The predicted octanol–water partition coefficient (Wildman–Crippen LogP) is 3.42. The van der Waals surface area contributed by atoms with Gasteiger partial charge in [-0.15, -0.1) is 0 Å². The third-order valence-corrected chi connectivity index (χ3v) is 3.08. The Labute approximate surface area is 69.2 Å². The molecule has 66 valence electrons. The molecule has 1 fully saturated rings. The van der Waals surface area contributed by atoms with Crippen molar-refractivity contribution >= 4 is 0 Å². The Hall–Kier alpha value is -0.0700. The second-order valence-corrected chi connectivity index (χ2v) is 3.84. The summed E-state index contributed by atoms with van der Waals surface area (Å²) in [6.07, 6.45) is 5.18. The van der Waals surface area contributed by atoms with Crippen molar-refractivity contribution in [2.45, 2.75) is 39.5 Å². The van der Waals surface area contributed by atoms with Gasteiger partial charge in [-0.05, 0) is 24.2 Å². The molecular weight excluding hydrogens is 139 g/mol. The second kappa shape index (κ2) is 4.08. The van der Waals surface area contributed by atoms with E-state index >= 15 is 0 Å². The van der Waals surface area contributed by atoms with Gasteiger partial charge in [0.1, 0.15) is 0 Å². The summed E-state index contributed by atoms with van der Waals surface area (Å²) < 4.78 is 12.2. The molecule has 0 spiro atoms. The summed E-state index contributed by atoms with van der Waals surface area (Å²) in [5.41, 5.74) is 0. The number of hydrogen-bond donors (Lipinski definition) is 0. The molecule has 3 atom stereocenters. The fourth-order valence-corrected chi connectivity index (χ4v) is 2.00. The van der Waals surface area contributed by atoms with Crippen LogP contribution in [0, 0.1) is 17.8 Å². The minimum absolute atomic E-state index is 0.0854. The maximum Gasteiger partial charge on any atom is 0.0928 e. The van der Waals surface area contributed by atoms with E-state index in [4.69, 9.17) is 0 Å². The Morgan fingerprint density at radius 3 is 2.36 bits per heavy atom. The first-order chi connectivity index (χ1) is 5.31. The van der Waals surface area contributed by atoms with Crippen LogP contribution in [-0.2, 0) is 0 Å². The van der Waals surface area contributed by atoms with E-state index in [-0.39, 0.29) is 6.67 Å². The Balaban J connectivity index is 2.01. The van der Waals surface area contributed by atoms with Gasteiger partial charge in [-0.3, -0.25) is 4.39 Å². The van der Waals surface area contributed by atoms with Crippen LogP contribution >= 0.6 is 0 Å². The Morgan fingerprint density at radius 2 is 1.91 bits per heavy atom. The molecule has 0 aromatic rings. The van der Waals surface area contributed by atoms with Crippen molar-refractivity contribution in [1.82, 2.24) is 0 Å². The molecule has 0 aromatic heterocycles. The van der Waals surface area contributed by atoms with Crippen molar-refractivity contribution in [3.8, 4) is 0 Å². The number of alkyl halides is 1. The van der Waals surface area contributed by atoms with E-state index < -0.39 is 0 Å². The third kappa shape index (κ3) is 2.18. The summed E-state index contributed by atoms with van der Waals surface area (Å²) in [6.45, 7) is 4.31. The average molecular weight is 158 g/mol. The second-order valence-electron chi connectivity index (χ2n) is 3.84. The van der Waals surface area contributed by atoms with Crippen molar-refractivity contribution < 1.29 is 4.39 Å².